The molecule has 0 atom stereocenters. The molecule has 0 saturated heterocycles. The standard InChI is InChI=1S/C10H14FN3O2/c1-6-7(11)8(14-5-13-6)12-4-10(2,3)9(15)16/h5H,4H2,1-3H3,(H,15,16)(H,12,13,14). The molecular weight excluding hydrogens is 213 g/mol. The summed E-state index contributed by atoms with van der Waals surface area (Å²) in [6.45, 7) is 4.71. The molecule has 0 saturated carbocycles. The molecule has 0 aliphatic rings. The first-order valence-corrected chi connectivity index (χ1v) is 4.79. The van der Waals surface area contributed by atoms with Crippen molar-refractivity contribution in [2.24, 2.45) is 5.41 Å². The number of nitrogens with zero attached hydrogens (tertiary/aromatic N) is 2. The maximum absolute atomic E-state index is 13.4. The predicted octanol–water partition coefficient (Wildman–Crippen LogP) is 1.45. The Bertz CT molecular complexity index is 407. The first-order valence-electron chi connectivity index (χ1n) is 4.79. The first kappa shape index (κ1) is 12.4. The molecule has 0 bridgehead atoms. The molecule has 16 heavy (non-hydrogen) atoms. The van der Waals surface area contributed by atoms with Crippen LogP contribution in [-0.4, -0.2) is 27.6 Å². The summed E-state index contributed by atoms with van der Waals surface area (Å²) in [5.74, 6) is -1.48. The molecule has 1 rings (SSSR count). The number of nitrogens with one attached hydrogen (secondary N) is 1. The number of anilines is 1. The minimum atomic E-state index is -0.981. The Hall–Kier alpha value is -1.72. The van der Waals surface area contributed by atoms with Gasteiger partial charge in [-0.2, -0.15) is 0 Å². The summed E-state index contributed by atoms with van der Waals surface area (Å²) in [5, 5.41) is 11.5. The number of aliphatic carboxylic acids is 1. The summed E-state index contributed by atoms with van der Waals surface area (Å²) in [5.41, 5.74) is -0.753. The Labute approximate surface area is 92.7 Å². The fourth-order valence-electron chi connectivity index (χ4n) is 0.961. The van der Waals surface area contributed by atoms with E-state index in [1.807, 2.05) is 0 Å². The Kier molecular flexibility index (Phi) is 3.41. The van der Waals surface area contributed by atoms with Crippen LogP contribution in [0.1, 0.15) is 19.5 Å². The van der Waals surface area contributed by atoms with E-state index in [-0.39, 0.29) is 18.1 Å². The zero-order valence-electron chi connectivity index (χ0n) is 9.41. The van der Waals surface area contributed by atoms with Crippen LogP contribution >= 0.6 is 0 Å². The normalized spacial score (nSPS) is 11.2. The van der Waals surface area contributed by atoms with E-state index in [1.165, 1.54) is 13.3 Å². The number of carboxylic acids is 1. The molecule has 5 nitrogen and oxygen atoms in total. The van der Waals surface area contributed by atoms with E-state index in [2.05, 4.69) is 15.3 Å². The second-order valence-electron chi connectivity index (χ2n) is 4.16. The Morgan fingerprint density at radius 1 is 1.56 bits per heavy atom. The third-order valence-corrected chi connectivity index (χ3v) is 2.24. The molecule has 0 amide bonds. The van der Waals surface area contributed by atoms with Gasteiger partial charge in [-0.05, 0) is 20.8 Å². The molecule has 0 fully saturated rings. The number of carboxylic acid groups (broad SMARTS) is 1. The van der Waals surface area contributed by atoms with Gasteiger partial charge >= 0.3 is 5.97 Å². The lowest BCUT2D eigenvalue weighted by atomic mass is 9.94. The summed E-state index contributed by atoms with van der Waals surface area (Å²) < 4.78 is 13.4. The number of carbonyl (C=O) groups is 1. The van der Waals surface area contributed by atoms with Gasteiger partial charge in [0, 0.05) is 6.54 Å². The highest BCUT2D eigenvalue weighted by molar-refractivity contribution is 5.74. The van der Waals surface area contributed by atoms with Gasteiger partial charge in [-0.25, -0.2) is 14.4 Å². The maximum atomic E-state index is 13.4. The van der Waals surface area contributed by atoms with Crippen LogP contribution in [0.15, 0.2) is 6.33 Å². The number of rotatable bonds is 4. The lowest BCUT2D eigenvalue weighted by Crippen LogP contribution is -2.32. The van der Waals surface area contributed by atoms with Crippen LogP contribution in [0.25, 0.3) is 0 Å². The summed E-state index contributed by atoms with van der Waals surface area (Å²) in [6, 6.07) is 0. The minimum Gasteiger partial charge on any atom is -0.481 e. The average Bonchev–Trinajstić information content (AvgIpc) is 2.20. The topological polar surface area (TPSA) is 75.1 Å². The van der Waals surface area contributed by atoms with Crippen molar-refractivity contribution in [1.29, 1.82) is 0 Å². The molecule has 0 unspecified atom stereocenters. The molecule has 88 valence electrons. The van der Waals surface area contributed by atoms with Crippen LogP contribution in [0.5, 0.6) is 0 Å². The van der Waals surface area contributed by atoms with Gasteiger partial charge in [0.25, 0.3) is 0 Å². The Balaban J connectivity index is 2.76. The van der Waals surface area contributed by atoms with Gasteiger partial charge in [0.05, 0.1) is 11.1 Å². The van der Waals surface area contributed by atoms with E-state index in [1.54, 1.807) is 13.8 Å². The van der Waals surface area contributed by atoms with E-state index in [0.29, 0.717) is 0 Å². The van der Waals surface area contributed by atoms with E-state index in [4.69, 9.17) is 5.11 Å². The fourth-order valence-corrected chi connectivity index (χ4v) is 0.961. The number of hydrogen-bond acceptors (Lipinski definition) is 4. The molecule has 0 aliphatic heterocycles. The average molecular weight is 227 g/mol. The molecule has 0 spiro atoms. The van der Waals surface area contributed by atoms with Gasteiger partial charge in [0.2, 0.25) is 0 Å². The van der Waals surface area contributed by atoms with Crippen LogP contribution in [0.4, 0.5) is 10.2 Å². The van der Waals surface area contributed by atoms with E-state index in [9.17, 15) is 9.18 Å². The molecule has 1 aromatic rings. The van der Waals surface area contributed by atoms with Crippen molar-refractivity contribution in [3.8, 4) is 0 Å². The molecule has 6 heteroatoms. The smallest absolute Gasteiger partial charge is 0.310 e. The van der Waals surface area contributed by atoms with Crippen molar-refractivity contribution in [2.45, 2.75) is 20.8 Å². The van der Waals surface area contributed by atoms with Crippen LogP contribution in [0.3, 0.4) is 0 Å². The number of hydrogen-bond donors (Lipinski definition) is 2. The van der Waals surface area contributed by atoms with Crippen molar-refractivity contribution in [1.82, 2.24) is 9.97 Å². The Morgan fingerprint density at radius 3 is 2.75 bits per heavy atom. The highest BCUT2D eigenvalue weighted by Gasteiger charge is 2.27. The predicted molar refractivity (Wildman–Crippen MR) is 56.6 cm³/mol. The lowest BCUT2D eigenvalue weighted by Gasteiger charge is -2.19. The van der Waals surface area contributed by atoms with E-state index >= 15 is 0 Å². The third kappa shape index (κ3) is 2.65. The second kappa shape index (κ2) is 4.42. The summed E-state index contributed by atoms with van der Waals surface area (Å²) in [7, 11) is 0. The highest BCUT2D eigenvalue weighted by Crippen LogP contribution is 2.18. The van der Waals surface area contributed by atoms with Crippen molar-refractivity contribution in [3.05, 3.63) is 17.8 Å². The molecular formula is C10H14FN3O2. The van der Waals surface area contributed by atoms with Crippen LogP contribution < -0.4 is 5.32 Å². The Morgan fingerprint density at radius 2 is 2.19 bits per heavy atom. The SMILES string of the molecule is Cc1ncnc(NCC(C)(C)C(=O)O)c1F. The van der Waals surface area contributed by atoms with Crippen molar-refractivity contribution < 1.29 is 14.3 Å². The first-order chi connectivity index (χ1) is 7.34. The second-order valence-corrected chi connectivity index (χ2v) is 4.16. The van der Waals surface area contributed by atoms with Gasteiger partial charge in [0.1, 0.15) is 6.33 Å². The molecule has 0 aromatic carbocycles. The fraction of sp³-hybridized carbons (Fsp3) is 0.500. The number of aromatic nitrogens is 2. The zero-order valence-corrected chi connectivity index (χ0v) is 9.41. The maximum Gasteiger partial charge on any atom is 0.310 e. The van der Waals surface area contributed by atoms with E-state index in [0.717, 1.165) is 0 Å². The summed E-state index contributed by atoms with van der Waals surface area (Å²) in [6.07, 6.45) is 1.23. The lowest BCUT2D eigenvalue weighted by molar-refractivity contribution is -0.146. The number of aryl methyl sites for hydroxylation is 1. The van der Waals surface area contributed by atoms with Crippen molar-refractivity contribution in [2.75, 3.05) is 11.9 Å². The quantitative estimate of drug-likeness (QED) is 0.814. The third-order valence-electron chi connectivity index (χ3n) is 2.24. The van der Waals surface area contributed by atoms with Gasteiger partial charge < -0.3 is 10.4 Å². The van der Waals surface area contributed by atoms with Crippen LogP contribution in [0, 0.1) is 18.2 Å². The van der Waals surface area contributed by atoms with Crippen LogP contribution in [0.2, 0.25) is 0 Å². The van der Waals surface area contributed by atoms with E-state index < -0.39 is 17.2 Å². The van der Waals surface area contributed by atoms with Gasteiger partial charge in [0.15, 0.2) is 11.6 Å². The molecule has 0 aliphatic carbocycles. The summed E-state index contributed by atoms with van der Waals surface area (Å²) >= 11 is 0. The monoisotopic (exact) mass is 227 g/mol. The molecule has 1 aromatic heterocycles. The van der Waals surface area contributed by atoms with Gasteiger partial charge in [-0.1, -0.05) is 0 Å². The van der Waals surface area contributed by atoms with Crippen molar-refractivity contribution >= 4 is 11.8 Å². The summed E-state index contributed by atoms with van der Waals surface area (Å²) in [4.78, 5) is 18.2. The zero-order chi connectivity index (χ0) is 12.3. The number of halogens is 1. The van der Waals surface area contributed by atoms with Crippen molar-refractivity contribution in [3.63, 3.8) is 0 Å². The molecule has 1 heterocycles. The van der Waals surface area contributed by atoms with Crippen LogP contribution in [-0.2, 0) is 4.79 Å². The van der Waals surface area contributed by atoms with Gasteiger partial charge in [-0.15, -0.1) is 0 Å². The van der Waals surface area contributed by atoms with Gasteiger partial charge in [-0.3, -0.25) is 4.79 Å². The minimum absolute atomic E-state index is 0.0295. The highest BCUT2D eigenvalue weighted by atomic mass is 19.1. The largest absolute Gasteiger partial charge is 0.481 e. The molecule has 0 radical (unpaired) electrons. The molecule has 2 N–H and O–H groups in total.